The van der Waals surface area contributed by atoms with Crippen molar-refractivity contribution in [1.29, 1.82) is 0 Å². The highest BCUT2D eigenvalue weighted by Gasteiger charge is 2.36. The summed E-state index contributed by atoms with van der Waals surface area (Å²) in [7, 11) is 0. The van der Waals surface area contributed by atoms with Gasteiger partial charge in [0.25, 0.3) is 5.91 Å². The Hall–Kier alpha value is -2.37. The number of hydrogen-bond acceptors (Lipinski definition) is 3. The van der Waals surface area contributed by atoms with Crippen molar-refractivity contribution in [3.05, 3.63) is 58.6 Å². The molecule has 2 amide bonds. The number of halogens is 1. The normalized spacial score (nSPS) is 21.9. The van der Waals surface area contributed by atoms with E-state index >= 15 is 0 Å². The zero-order valence-corrected chi connectivity index (χ0v) is 21.2. The lowest BCUT2D eigenvalue weighted by Crippen LogP contribution is -2.45. The van der Waals surface area contributed by atoms with Gasteiger partial charge < -0.3 is 4.90 Å². The van der Waals surface area contributed by atoms with Gasteiger partial charge in [-0.3, -0.25) is 15.0 Å². The van der Waals surface area contributed by atoms with E-state index in [9.17, 15) is 9.59 Å². The largest absolute Gasteiger partial charge is 0.339 e. The summed E-state index contributed by atoms with van der Waals surface area (Å²) in [6, 6.07) is 14.5. The van der Waals surface area contributed by atoms with Gasteiger partial charge in [-0.1, -0.05) is 67.6 Å². The number of nitrogens with zero attached hydrogens (tertiary/aromatic N) is 2. The number of piperidine rings is 1. The molecule has 2 aromatic rings. The van der Waals surface area contributed by atoms with Crippen LogP contribution in [0.15, 0.2) is 42.5 Å². The van der Waals surface area contributed by atoms with Crippen molar-refractivity contribution in [1.82, 2.24) is 15.3 Å². The van der Waals surface area contributed by atoms with Crippen LogP contribution in [0.3, 0.4) is 0 Å². The highest BCUT2D eigenvalue weighted by Crippen LogP contribution is 2.31. The number of nitrogens with one attached hydrogen (secondary N) is 1. The van der Waals surface area contributed by atoms with E-state index < -0.39 is 0 Å². The van der Waals surface area contributed by atoms with Gasteiger partial charge in [-0.15, -0.1) is 0 Å². The van der Waals surface area contributed by atoms with Crippen molar-refractivity contribution in [2.75, 3.05) is 19.6 Å². The molecule has 1 atom stereocenters. The van der Waals surface area contributed by atoms with Crippen LogP contribution >= 0.6 is 11.6 Å². The van der Waals surface area contributed by atoms with Gasteiger partial charge in [0.15, 0.2) is 0 Å². The van der Waals surface area contributed by atoms with E-state index in [4.69, 9.17) is 11.6 Å². The van der Waals surface area contributed by atoms with Crippen molar-refractivity contribution in [3.8, 4) is 11.1 Å². The van der Waals surface area contributed by atoms with Crippen molar-refractivity contribution in [2.24, 2.45) is 5.92 Å². The van der Waals surface area contributed by atoms with E-state index in [-0.39, 0.29) is 11.8 Å². The highest BCUT2D eigenvalue weighted by molar-refractivity contribution is 6.34. The predicted octanol–water partition coefficient (Wildman–Crippen LogP) is 5.86. The molecule has 2 heterocycles. The number of likely N-dealkylation sites (tertiary alicyclic amines) is 1. The number of carbonyl (C=O) groups excluding carboxylic acids is 2. The average molecular weight is 494 g/mol. The maximum atomic E-state index is 13.0. The van der Waals surface area contributed by atoms with Gasteiger partial charge in [-0.25, -0.2) is 5.01 Å². The molecule has 0 aromatic heterocycles. The second-order valence-electron chi connectivity index (χ2n) is 10.4. The Bertz CT molecular complexity index is 1040. The Morgan fingerprint density at radius 3 is 2.26 bits per heavy atom. The average Bonchev–Trinajstić information content (AvgIpc) is 3.25. The van der Waals surface area contributed by atoms with Crippen LogP contribution in [0.2, 0.25) is 5.02 Å². The summed E-state index contributed by atoms with van der Waals surface area (Å²) in [5, 5.41) is 2.44. The summed E-state index contributed by atoms with van der Waals surface area (Å²) in [4.78, 5) is 27.9. The molecule has 2 saturated heterocycles. The van der Waals surface area contributed by atoms with E-state index in [1.54, 1.807) is 0 Å². The van der Waals surface area contributed by atoms with Crippen LogP contribution in [0, 0.1) is 5.92 Å². The van der Waals surface area contributed by atoms with Crippen LogP contribution in [0.4, 0.5) is 0 Å². The number of benzene rings is 2. The standard InChI is InChI=1S/C29H36ClN3O2/c30-27-20-23(13-14-26(27)28(34)31-32-16-5-2-6-17-32)22-11-9-21(10-12-22)19-24-15-18-33(29(24)35)25-7-3-1-4-8-25/h9-14,20,24-25H,1-8,15-19H2,(H,31,34). The van der Waals surface area contributed by atoms with Gasteiger partial charge in [0.2, 0.25) is 5.91 Å². The van der Waals surface area contributed by atoms with E-state index in [1.807, 2.05) is 23.2 Å². The number of amides is 2. The first kappa shape index (κ1) is 24.3. The molecular formula is C29H36ClN3O2. The van der Waals surface area contributed by atoms with Crippen LogP contribution in [0.25, 0.3) is 11.1 Å². The molecule has 0 bridgehead atoms. The van der Waals surface area contributed by atoms with E-state index in [2.05, 4.69) is 34.6 Å². The molecule has 3 fully saturated rings. The third-order valence-electron chi connectivity index (χ3n) is 7.97. The van der Waals surface area contributed by atoms with Crippen LogP contribution in [0.1, 0.15) is 73.7 Å². The van der Waals surface area contributed by atoms with E-state index in [0.717, 1.165) is 56.4 Å². The maximum absolute atomic E-state index is 13.0. The van der Waals surface area contributed by atoms with E-state index in [1.165, 1.54) is 44.1 Å². The first-order chi connectivity index (χ1) is 17.1. The molecule has 1 aliphatic carbocycles. The zero-order chi connectivity index (χ0) is 24.2. The first-order valence-electron chi connectivity index (χ1n) is 13.3. The lowest BCUT2D eigenvalue weighted by Gasteiger charge is -2.31. The van der Waals surface area contributed by atoms with Crippen molar-refractivity contribution in [3.63, 3.8) is 0 Å². The minimum absolute atomic E-state index is 0.106. The minimum atomic E-state index is -0.151. The molecule has 6 heteroatoms. The van der Waals surface area contributed by atoms with E-state index in [0.29, 0.717) is 22.5 Å². The Labute approximate surface area is 213 Å². The lowest BCUT2D eigenvalue weighted by molar-refractivity contribution is -0.133. The fraction of sp³-hybridized carbons (Fsp3) is 0.517. The maximum Gasteiger partial charge on any atom is 0.267 e. The zero-order valence-electron chi connectivity index (χ0n) is 20.5. The summed E-state index contributed by atoms with van der Waals surface area (Å²) >= 11 is 6.51. The second-order valence-corrected chi connectivity index (χ2v) is 10.8. The fourth-order valence-corrected chi connectivity index (χ4v) is 6.18. The number of hydrogen-bond donors (Lipinski definition) is 1. The fourth-order valence-electron chi connectivity index (χ4n) is 5.91. The predicted molar refractivity (Wildman–Crippen MR) is 140 cm³/mol. The van der Waals surface area contributed by atoms with Crippen LogP contribution in [0.5, 0.6) is 0 Å². The molecule has 2 aromatic carbocycles. The minimum Gasteiger partial charge on any atom is -0.339 e. The number of hydrazine groups is 1. The summed E-state index contributed by atoms with van der Waals surface area (Å²) in [5.74, 6) is 0.309. The molecule has 1 N–H and O–H groups in total. The van der Waals surface area contributed by atoms with Crippen LogP contribution in [-0.4, -0.2) is 47.4 Å². The summed E-state index contributed by atoms with van der Waals surface area (Å²) < 4.78 is 0. The third-order valence-corrected chi connectivity index (χ3v) is 8.28. The SMILES string of the molecule is O=C(NN1CCCCC1)c1ccc(-c2ccc(CC3CCN(C4CCCCC4)C3=O)cc2)cc1Cl. The molecule has 3 aliphatic rings. The highest BCUT2D eigenvalue weighted by atomic mass is 35.5. The molecular weight excluding hydrogens is 458 g/mol. The Morgan fingerprint density at radius 2 is 1.54 bits per heavy atom. The topological polar surface area (TPSA) is 52.7 Å². The van der Waals surface area contributed by atoms with Crippen molar-refractivity contribution in [2.45, 2.75) is 70.3 Å². The Kier molecular flexibility index (Phi) is 7.74. The van der Waals surface area contributed by atoms with Gasteiger partial charge in [0.05, 0.1) is 10.6 Å². The van der Waals surface area contributed by atoms with Crippen molar-refractivity contribution < 1.29 is 9.59 Å². The molecule has 5 nitrogen and oxygen atoms in total. The molecule has 0 radical (unpaired) electrons. The monoisotopic (exact) mass is 493 g/mol. The summed E-state index contributed by atoms with van der Waals surface area (Å²) in [6.45, 7) is 2.69. The molecule has 35 heavy (non-hydrogen) atoms. The Balaban J connectivity index is 1.20. The van der Waals surface area contributed by atoms with Gasteiger partial charge in [-0.2, -0.15) is 0 Å². The number of rotatable bonds is 6. The summed E-state index contributed by atoms with van der Waals surface area (Å²) in [5.41, 5.74) is 6.72. The lowest BCUT2D eigenvalue weighted by atomic mass is 9.93. The van der Waals surface area contributed by atoms with Gasteiger partial charge in [-0.05, 0) is 67.3 Å². The van der Waals surface area contributed by atoms with Gasteiger partial charge in [0.1, 0.15) is 0 Å². The van der Waals surface area contributed by atoms with Gasteiger partial charge in [0, 0.05) is 31.6 Å². The summed E-state index contributed by atoms with van der Waals surface area (Å²) in [6.07, 6.45) is 11.4. The number of carbonyl (C=O) groups is 2. The smallest absolute Gasteiger partial charge is 0.267 e. The quantitative estimate of drug-likeness (QED) is 0.548. The molecule has 1 saturated carbocycles. The first-order valence-corrected chi connectivity index (χ1v) is 13.7. The molecule has 1 unspecified atom stereocenters. The van der Waals surface area contributed by atoms with Crippen molar-refractivity contribution >= 4 is 23.4 Å². The second kappa shape index (κ2) is 11.1. The van der Waals surface area contributed by atoms with Crippen LogP contribution in [-0.2, 0) is 11.2 Å². The van der Waals surface area contributed by atoms with Crippen LogP contribution < -0.4 is 5.43 Å². The molecule has 5 rings (SSSR count). The molecule has 2 aliphatic heterocycles. The Morgan fingerprint density at radius 1 is 0.857 bits per heavy atom. The molecule has 0 spiro atoms. The third kappa shape index (κ3) is 5.73. The molecule has 186 valence electrons. The van der Waals surface area contributed by atoms with Gasteiger partial charge >= 0.3 is 0 Å².